The Morgan fingerprint density at radius 3 is 2.75 bits per heavy atom. The molecular weight excluding hydrogens is 346 g/mol. The molecule has 0 aliphatic carbocycles. The Morgan fingerprint density at radius 1 is 1.29 bits per heavy atom. The Balaban J connectivity index is 2.06. The molecule has 0 unspecified atom stereocenters. The molecule has 0 aliphatic rings. The summed E-state index contributed by atoms with van der Waals surface area (Å²) in [6, 6.07) is 9.65. The second kappa shape index (κ2) is 7.15. The van der Waals surface area contributed by atoms with Crippen molar-refractivity contribution in [2.75, 3.05) is 11.9 Å². The van der Waals surface area contributed by atoms with Crippen LogP contribution in [-0.2, 0) is 4.74 Å². The number of nitrogens with one attached hydrogen (secondary N) is 1. The molecule has 24 heavy (non-hydrogen) atoms. The minimum atomic E-state index is -0.334. The van der Waals surface area contributed by atoms with Gasteiger partial charge in [-0.2, -0.15) is 4.98 Å². The molecule has 7 heteroatoms. The van der Waals surface area contributed by atoms with Crippen LogP contribution in [0.2, 0.25) is 5.28 Å². The van der Waals surface area contributed by atoms with E-state index in [-0.39, 0.29) is 11.3 Å². The standard InChI is InChI=1S/C17H16ClN3O2S/c1-3-9-23-16(22)13-10(2)12-14(19-11-7-5-4-6-8-11)20-17(18)21-15(12)24-13/h4-8H,3,9H2,1-2H3,(H,19,20,21). The van der Waals surface area contributed by atoms with Gasteiger partial charge in [-0.3, -0.25) is 0 Å². The van der Waals surface area contributed by atoms with E-state index in [2.05, 4.69) is 15.3 Å². The van der Waals surface area contributed by atoms with Gasteiger partial charge in [0.25, 0.3) is 0 Å². The maximum Gasteiger partial charge on any atom is 0.348 e. The van der Waals surface area contributed by atoms with Gasteiger partial charge in [-0.05, 0) is 42.6 Å². The van der Waals surface area contributed by atoms with Crippen molar-refractivity contribution in [3.63, 3.8) is 0 Å². The fourth-order valence-corrected chi connectivity index (χ4v) is 3.61. The molecule has 0 fully saturated rings. The lowest BCUT2D eigenvalue weighted by Gasteiger charge is -2.08. The number of benzene rings is 1. The number of nitrogens with zero attached hydrogens (tertiary/aromatic N) is 2. The van der Waals surface area contributed by atoms with Gasteiger partial charge < -0.3 is 10.1 Å². The van der Waals surface area contributed by atoms with Gasteiger partial charge in [0, 0.05) is 5.69 Å². The normalized spacial score (nSPS) is 10.8. The van der Waals surface area contributed by atoms with Crippen LogP contribution < -0.4 is 5.32 Å². The van der Waals surface area contributed by atoms with Crippen LogP contribution in [0.3, 0.4) is 0 Å². The Kier molecular flexibility index (Phi) is 4.97. The van der Waals surface area contributed by atoms with Gasteiger partial charge in [-0.25, -0.2) is 9.78 Å². The van der Waals surface area contributed by atoms with Crippen molar-refractivity contribution in [1.29, 1.82) is 0 Å². The summed E-state index contributed by atoms with van der Waals surface area (Å²) >= 11 is 7.31. The summed E-state index contributed by atoms with van der Waals surface area (Å²) < 4.78 is 5.25. The number of thiophene rings is 1. The average Bonchev–Trinajstić information content (AvgIpc) is 2.90. The molecule has 124 valence electrons. The average molecular weight is 362 g/mol. The predicted octanol–water partition coefficient (Wildman–Crippen LogP) is 4.96. The van der Waals surface area contributed by atoms with Gasteiger partial charge in [0.15, 0.2) is 0 Å². The molecule has 3 aromatic rings. The second-order valence-corrected chi connectivity index (χ2v) is 6.54. The number of fused-ring (bicyclic) bond motifs is 1. The number of carbonyl (C=O) groups excluding carboxylic acids is 1. The minimum absolute atomic E-state index is 0.135. The SMILES string of the molecule is CCCOC(=O)c1sc2nc(Cl)nc(Nc3ccccc3)c2c1C. The van der Waals surface area contributed by atoms with Gasteiger partial charge in [-0.15, -0.1) is 11.3 Å². The zero-order valence-electron chi connectivity index (χ0n) is 13.3. The molecule has 1 aromatic carbocycles. The molecule has 3 rings (SSSR count). The van der Waals surface area contributed by atoms with Gasteiger partial charge in [0.1, 0.15) is 15.5 Å². The third-order valence-electron chi connectivity index (χ3n) is 3.42. The second-order valence-electron chi connectivity index (χ2n) is 5.20. The van der Waals surface area contributed by atoms with Crippen LogP contribution in [0.25, 0.3) is 10.2 Å². The number of aryl methyl sites for hydroxylation is 1. The molecule has 0 saturated heterocycles. The van der Waals surface area contributed by atoms with Crippen LogP contribution in [-0.4, -0.2) is 22.5 Å². The Morgan fingerprint density at radius 2 is 2.04 bits per heavy atom. The summed E-state index contributed by atoms with van der Waals surface area (Å²) in [6.07, 6.45) is 0.780. The van der Waals surface area contributed by atoms with Crippen molar-refractivity contribution in [2.24, 2.45) is 0 Å². The molecule has 0 radical (unpaired) electrons. The lowest BCUT2D eigenvalue weighted by molar-refractivity contribution is 0.0510. The van der Waals surface area contributed by atoms with E-state index < -0.39 is 0 Å². The smallest absolute Gasteiger partial charge is 0.348 e. The maximum absolute atomic E-state index is 12.2. The fourth-order valence-electron chi connectivity index (χ4n) is 2.32. The summed E-state index contributed by atoms with van der Waals surface area (Å²) in [5.41, 5.74) is 1.68. The summed E-state index contributed by atoms with van der Waals surface area (Å²) in [5, 5.41) is 4.17. The fraction of sp³-hybridized carbons (Fsp3) is 0.235. The molecular formula is C17H16ClN3O2S. The van der Waals surface area contributed by atoms with E-state index in [0.29, 0.717) is 22.1 Å². The third-order valence-corrected chi connectivity index (χ3v) is 4.76. The lowest BCUT2D eigenvalue weighted by atomic mass is 10.2. The van der Waals surface area contributed by atoms with Crippen molar-refractivity contribution >= 4 is 50.6 Å². The van der Waals surface area contributed by atoms with Crippen LogP contribution in [0.4, 0.5) is 11.5 Å². The number of esters is 1. The zero-order chi connectivity index (χ0) is 17.1. The largest absolute Gasteiger partial charge is 0.462 e. The number of carbonyl (C=O) groups is 1. The van der Waals surface area contributed by atoms with E-state index in [1.807, 2.05) is 44.2 Å². The summed E-state index contributed by atoms with van der Waals surface area (Å²) in [6.45, 7) is 4.22. The molecule has 0 spiro atoms. The molecule has 0 atom stereocenters. The van der Waals surface area contributed by atoms with E-state index in [9.17, 15) is 4.79 Å². The number of rotatable bonds is 5. The maximum atomic E-state index is 12.2. The molecule has 0 saturated carbocycles. The van der Waals surface area contributed by atoms with E-state index in [0.717, 1.165) is 23.1 Å². The van der Waals surface area contributed by atoms with Gasteiger partial charge in [-0.1, -0.05) is 25.1 Å². The number of para-hydroxylation sites is 1. The topological polar surface area (TPSA) is 64.1 Å². The van der Waals surface area contributed by atoms with E-state index in [4.69, 9.17) is 16.3 Å². The van der Waals surface area contributed by atoms with E-state index in [1.54, 1.807) is 0 Å². The Labute approximate surface area is 148 Å². The highest BCUT2D eigenvalue weighted by Gasteiger charge is 2.21. The van der Waals surface area contributed by atoms with Crippen LogP contribution >= 0.6 is 22.9 Å². The molecule has 2 heterocycles. The van der Waals surface area contributed by atoms with Crippen molar-refractivity contribution in [1.82, 2.24) is 9.97 Å². The summed E-state index contributed by atoms with van der Waals surface area (Å²) in [7, 11) is 0. The lowest BCUT2D eigenvalue weighted by Crippen LogP contribution is -2.05. The van der Waals surface area contributed by atoms with E-state index >= 15 is 0 Å². The van der Waals surface area contributed by atoms with Crippen LogP contribution in [0.1, 0.15) is 28.6 Å². The van der Waals surface area contributed by atoms with Gasteiger partial charge in [0.05, 0.1) is 12.0 Å². The molecule has 2 aromatic heterocycles. The summed E-state index contributed by atoms with van der Waals surface area (Å²) in [5.74, 6) is 0.249. The quantitative estimate of drug-likeness (QED) is 0.513. The predicted molar refractivity (Wildman–Crippen MR) is 97.5 cm³/mol. The van der Waals surface area contributed by atoms with Crippen LogP contribution in [0.15, 0.2) is 30.3 Å². The number of hydrogen-bond donors (Lipinski definition) is 1. The first-order valence-electron chi connectivity index (χ1n) is 7.56. The molecule has 0 bridgehead atoms. The van der Waals surface area contributed by atoms with Crippen molar-refractivity contribution < 1.29 is 9.53 Å². The van der Waals surface area contributed by atoms with E-state index in [1.165, 1.54) is 11.3 Å². The highest BCUT2D eigenvalue weighted by atomic mass is 35.5. The van der Waals surface area contributed by atoms with Gasteiger partial charge in [0.2, 0.25) is 5.28 Å². The molecule has 5 nitrogen and oxygen atoms in total. The number of anilines is 2. The number of ether oxygens (including phenoxy) is 1. The Bertz CT molecular complexity index is 880. The number of aromatic nitrogens is 2. The first-order valence-corrected chi connectivity index (χ1v) is 8.75. The number of hydrogen-bond acceptors (Lipinski definition) is 6. The summed E-state index contributed by atoms with van der Waals surface area (Å²) in [4.78, 5) is 22.0. The monoisotopic (exact) mass is 361 g/mol. The highest BCUT2D eigenvalue weighted by Crippen LogP contribution is 2.36. The number of halogens is 1. The first kappa shape index (κ1) is 16.7. The van der Waals surface area contributed by atoms with Crippen LogP contribution in [0, 0.1) is 6.92 Å². The van der Waals surface area contributed by atoms with Crippen LogP contribution in [0.5, 0.6) is 0 Å². The van der Waals surface area contributed by atoms with Gasteiger partial charge >= 0.3 is 5.97 Å². The molecule has 0 aliphatic heterocycles. The molecule has 0 amide bonds. The minimum Gasteiger partial charge on any atom is -0.462 e. The van der Waals surface area contributed by atoms with Crippen molar-refractivity contribution in [3.8, 4) is 0 Å². The first-order chi connectivity index (χ1) is 11.6. The highest BCUT2D eigenvalue weighted by molar-refractivity contribution is 7.20. The van der Waals surface area contributed by atoms with Crippen molar-refractivity contribution in [2.45, 2.75) is 20.3 Å². The zero-order valence-corrected chi connectivity index (χ0v) is 14.9. The molecule has 1 N–H and O–H groups in total. The third kappa shape index (κ3) is 3.34. The van der Waals surface area contributed by atoms with Crippen molar-refractivity contribution in [3.05, 3.63) is 46.1 Å². The Hall–Kier alpha value is -2.18.